The maximum Gasteiger partial charge on any atom is 0.323 e. The highest BCUT2D eigenvalue weighted by Crippen LogP contribution is 2.09. The van der Waals surface area contributed by atoms with Crippen LogP contribution in [0.2, 0.25) is 0 Å². The molecule has 74 valence electrons. The Kier molecular flexibility index (Phi) is 2.69. The van der Waals surface area contributed by atoms with Crippen molar-refractivity contribution in [1.82, 2.24) is 15.3 Å². The Morgan fingerprint density at radius 2 is 2.07 bits per heavy atom. The highest BCUT2D eigenvalue weighted by Gasteiger charge is 1.98. The second-order valence-electron chi connectivity index (χ2n) is 3.02. The van der Waals surface area contributed by atoms with Crippen LogP contribution in [0.3, 0.4) is 0 Å². The summed E-state index contributed by atoms with van der Waals surface area (Å²) in [5.74, 6) is 0. The van der Waals surface area contributed by atoms with Crippen LogP contribution < -0.4 is 11.0 Å². The number of benzene rings is 1. The summed E-state index contributed by atoms with van der Waals surface area (Å²) < 4.78 is 0. The van der Waals surface area contributed by atoms with Crippen molar-refractivity contribution in [3.05, 3.63) is 34.2 Å². The molecule has 0 atom stereocenters. The fraction of sp³-hybridized carbons (Fsp3) is 0.222. The van der Waals surface area contributed by atoms with Crippen molar-refractivity contribution >= 4 is 27.0 Å². The number of aromatic amines is 2. The first-order valence-electron chi connectivity index (χ1n) is 4.27. The Hall–Kier alpha value is -1.07. The van der Waals surface area contributed by atoms with E-state index in [2.05, 4.69) is 31.2 Å². The van der Waals surface area contributed by atoms with Gasteiger partial charge in [-0.2, -0.15) is 0 Å². The lowest BCUT2D eigenvalue weighted by Gasteiger charge is -2.00. The zero-order chi connectivity index (χ0) is 9.97. The third-order valence-corrected chi connectivity index (χ3v) is 2.40. The van der Waals surface area contributed by atoms with Crippen molar-refractivity contribution in [3.8, 4) is 0 Å². The second kappa shape index (κ2) is 3.98. The van der Waals surface area contributed by atoms with Gasteiger partial charge in [0.1, 0.15) is 0 Å². The van der Waals surface area contributed by atoms with Gasteiger partial charge in [-0.15, -0.1) is 0 Å². The molecular formula is C9H10BrN3O. The number of alkyl halides is 1. The van der Waals surface area contributed by atoms with Crippen LogP contribution in [0.5, 0.6) is 0 Å². The molecule has 0 aliphatic rings. The third kappa shape index (κ3) is 1.88. The van der Waals surface area contributed by atoms with E-state index in [-0.39, 0.29) is 5.69 Å². The van der Waals surface area contributed by atoms with Gasteiger partial charge in [-0.3, -0.25) is 0 Å². The minimum absolute atomic E-state index is 0.161. The van der Waals surface area contributed by atoms with Gasteiger partial charge in [0.05, 0.1) is 16.5 Å². The van der Waals surface area contributed by atoms with Crippen LogP contribution in [0.4, 0.5) is 0 Å². The zero-order valence-corrected chi connectivity index (χ0v) is 9.02. The number of fused-ring (bicyclic) bond motifs is 1. The number of rotatable bonds is 3. The summed E-state index contributed by atoms with van der Waals surface area (Å²) in [6, 6.07) is 5.85. The van der Waals surface area contributed by atoms with Crippen molar-refractivity contribution in [1.29, 1.82) is 0 Å². The van der Waals surface area contributed by atoms with Crippen molar-refractivity contribution in [3.63, 3.8) is 0 Å². The number of hydrogen-bond acceptors (Lipinski definition) is 2. The van der Waals surface area contributed by atoms with E-state index in [0.29, 0.717) is 0 Å². The molecule has 4 nitrogen and oxygen atoms in total. The number of H-pyrrole nitrogens is 2. The standard InChI is InChI=1S/C9H10BrN3O/c10-5-11-4-6-1-2-7-8(3-6)13-9(14)12-7/h1-3,11H,4-5H2,(H2,12,13,14). The molecule has 14 heavy (non-hydrogen) atoms. The molecule has 2 aromatic rings. The van der Waals surface area contributed by atoms with Crippen LogP contribution in [0.1, 0.15) is 5.56 Å². The first kappa shape index (κ1) is 9.48. The molecular weight excluding hydrogens is 246 g/mol. The first-order chi connectivity index (χ1) is 6.79. The van der Waals surface area contributed by atoms with Crippen LogP contribution in [-0.2, 0) is 6.54 Å². The molecule has 1 heterocycles. The van der Waals surface area contributed by atoms with E-state index in [9.17, 15) is 4.79 Å². The summed E-state index contributed by atoms with van der Waals surface area (Å²) in [7, 11) is 0. The lowest BCUT2D eigenvalue weighted by atomic mass is 10.2. The van der Waals surface area contributed by atoms with Crippen LogP contribution in [0, 0.1) is 0 Å². The molecule has 0 aliphatic carbocycles. The summed E-state index contributed by atoms with van der Waals surface area (Å²) in [5.41, 5.74) is 3.44. The van der Waals surface area contributed by atoms with E-state index < -0.39 is 0 Å². The van der Waals surface area contributed by atoms with Gasteiger partial charge in [0.2, 0.25) is 0 Å². The highest BCUT2D eigenvalue weighted by molar-refractivity contribution is 9.09. The molecule has 0 spiro atoms. The molecule has 0 fully saturated rings. The van der Waals surface area contributed by atoms with Gasteiger partial charge >= 0.3 is 5.69 Å². The van der Waals surface area contributed by atoms with E-state index in [1.165, 1.54) is 0 Å². The monoisotopic (exact) mass is 255 g/mol. The Morgan fingerprint density at radius 1 is 1.29 bits per heavy atom. The average molecular weight is 256 g/mol. The van der Waals surface area contributed by atoms with Crippen molar-refractivity contribution < 1.29 is 0 Å². The number of halogens is 1. The molecule has 2 rings (SSSR count). The zero-order valence-electron chi connectivity index (χ0n) is 7.43. The van der Waals surface area contributed by atoms with Crippen molar-refractivity contribution in [2.75, 3.05) is 5.45 Å². The highest BCUT2D eigenvalue weighted by atomic mass is 79.9. The summed E-state index contributed by atoms with van der Waals surface area (Å²) >= 11 is 3.29. The van der Waals surface area contributed by atoms with Gasteiger partial charge in [-0.05, 0) is 17.7 Å². The minimum atomic E-state index is -0.161. The number of hydrogen-bond donors (Lipinski definition) is 3. The Labute approximate surface area is 88.9 Å². The van der Waals surface area contributed by atoms with Crippen LogP contribution in [0.25, 0.3) is 11.0 Å². The van der Waals surface area contributed by atoms with Gasteiger partial charge in [-0.1, -0.05) is 22.0 Å². The Balaban J connectivity index is 2.35. The topological polar surface area (TPSA) is 60.7 Å². The lowest BCUT2D eigenvalue weighted by Crippen LogP contribution is -2.09. The number of aromatic nitrogens is 2. The van der Waals surface area contributed by atoms with E-state index in [0.717, 1.165) is 28.6 Å². The van der Waals surface area contributed by atoms with Crippen molar-refractivity contribution in [2.45, 2.75) is 6.54 Å². The SMILES string of the molecule is O=c1[nH]c2ccc(CNCBr)cc2[nH]1. The molecule has 0 amide bonds. The number of imidazole rings is 1. The van der Waals surface area contributed by atoms with Gasteiger partial charge in [0.25, 0.3) is 0 Å². The predicted molar refractivity (Wildman–Crippen MR) is 59.6 cm³/mol. The first-order valence-corrected chi connectivity index (χ1v) is 5.39. The van der Waals surface area contributed by atoms with Gasteiger partial charge in [0, 0.05) is 6.54 Å². The predicted octanol–water partition coefficient (Wildman–Crippen LogP) is 1.30. The van der Waals surface area contributed by atoms with Crippen LogP contribution in [0.15, 0.2) is 23.0 Å². The quantitative estimate of drug-likeness (QED) is 0.572. The molecule has 0 saturated heterocycles. The molecule has 0 aliphatic heterocycles. The second-order valence-corrected chi connectivity index (χ2v) is 3.58. The Bertz CT molecular complexity index is 488. The average Bonchev–Trinajstić information content (AvgIpc) is 2.54. The van der Waals surface area contributed by atoms with E-state index in [1.807, 2.05) is 18.2 Å². The van der Waals surface area contributed by atoms with Crippen LogP contribution >= 0.6 is 15.9 Å². The lowest BCUT2D eigenvalue weighted by molar-refractivity contribution is 0.803. The third-order valence-electron chi connectivity index (χ3n) is 2.00. The Morgan fingerprint density at radius 3 is 2.86 bits per heavy atom. The maximum absolute atomic E-state index is 11.0. The summed E-state index contributed by atoms with van der Waals surface area (Å²) in [6.07, 6.45) is 0. The molecule has 0 saturated carbocycles. The summed E-state index contributed by atoms with van der Waals surface area (Å²) in [6.45, 7) is 0.786. The largest absolute Gasteiger partial charge is 0.323 e. The van der Waals surface area contributed by atoms with Gasteiger partial charge in [-0.25, -0.2) is 4.79 Å². The minimum Gasteiger partial charge on any atom is -0.306 e. The maximum atomic E-state index is 11.0. The molecule has 1 aromatic carbocycles. The molecule has 5 heteroatoms. The van der Waals surface area contributed by atoms with Gasteiger partial charge < -0.3 is 15.3 Å². The fourth-order valence-corrected chi connectivity index (χ4v) is 1.58. The molecule has 1 aromatic heterocycles. The van der Waals surface area contributed by atoms with Crippen LogP contribution in [-0.4, -0.2) is 15.4 Å². The molecule has 0 bridgehead atoms. The number of nitrogens with one attached hydrogen (secondary N) is 3. The normalized spacial score (nSPS) is 10.9. The molecule has 0 radical (unpaired) electrons. The smallest absolute Gasteiger partial charge is 0.306 e. The summed E-state index contributed by atoms with van der Waals surface area (Å²) in [4.78, 5) is 16.4. The van der Waals surface area contributed by atoms with Gasteiger partial charge in [0.15, 0.2) is 0 Å². The summed E-state index contributed by atoms with van der Waals surface area (Å²) in [5, 5.41) is 3.15. The van der Waals surface area contributed by atoms with E-state index in [1.54, 1.807) is 0 Å². The fourth-order valence-electron chi connectivity index (χ4n) is 1.38. The van der Waals surface area contributed by atoms with Crippen molar-refractivity contribution in [2.24, 2.45) is 0 Å². The molecule has 0 unspecified atom stereocenters. The van der Waals surface area contributed by atoms with E-state index in [4.69, 9.17) is 0 Å². The molecule has 3 N–H and O–H groups in total. The van der Waals surface area contributed by atoms with E-state index >= 15 is 0 Å².